The van der Waals surface area contributed by atoms with Gasteiger partial charge in [0.05, 0.1) is 0 Å². The molecule has 0 spiro atoms. The maximum atomic E-state index is 9.70. The van der Waals surface area contributed by atoms with Crippen molar-refractivity contribution in [2.45, 2.75) is 0 Å². The van der Waals surface area contributed by atoms with E-state index in [1.165, 1.54) is 0 Å². The van der Waals surface area contributed by atoms with Crippen LogP contribution in [0.2, 0.25) is 0 Å². The van der Waals surface area contributed by atoms with Crippen molar-refractivity contribution in [3.05, 3.63) is 18.1 Å². The van der Waals surface area contributed by atoms with E-state index in [4.69, 9.17) is 20.4 Å². The highest BCUT2D eigenvalue weighted by atomic mass is 16.4. The Kier molecular flexibility index (Phi) is 2.53. The van der Waals surface area contributed by atoms with E-state index >= 15 is 0 Å². The molecule has 0 aromatic rings. The second-order valence-corrected chi connectivity index (χ2v) is 1.17. The number of hydrogen-bond acceptors (Lipinski definition) is 4. The average Bonchev–Trinajstić information content (AvgIpc) is 1.84. The Bertz CT molecular complexity index is 138. The highest BCUT2D eigenvalue weighted by Crippen LogP contribution is 2.03. The molecule has 1 radical (unpaired) electrons. The van der Waals surface area contributed by atoms with Crippen molar-refractivity contribution in [3.8, 4) is 0 Å². The van der Waals surface area contributed by atoms with Gasteiger partial charge in [0, 0.05) is 0 Å². The Morgan fingerprint density at radius 2 is 1.67 bits per heavy atom. The number of aliphatic carboxylic acids is 1. The third kappa shape index (κ3) is 2.00. The normalized spacial score (nSPS) is 12.0. The molecule has 5 nitrogen and oxygen atoms in total. The minimum atomic E-state index is -1.70. The standard InChI is InChI=1S/C4H5O5/c5-1-2(6)3(7)4(8)9/h1,5-7H,(H,8,9)/b2-1-. The molecule has 4 N–H and O–H groups in total. The smallest absolute Gasteiger partial charge is 0.348 e. The van der Waals surface area contributed by atoms with Crippen molar-refractivity contribution in [2.75, 3.05) is 0 Å². The third-order valence-electron chi connectivity index (χ3n) is 0.567. The fraction of sp³-hybridized carbons (Fsp3) is 0. The molecular weight excluding hydrogens is 128 g/mol. The number of aliphatic hydroxyl groups is 3. The lowest BCUT2D eigenvalue weighted by molar-refractivity contribution is -0.139. The molecule has 0 aromatic heterocycles. The fourth-order valence-electron chi connectivity index (χ4n) is 0.171. The van der Waals surface area contributed by atoms with E-state index in [9.17, 15) is 4.79 Å². The van der Waals surface area contributed by atoms with Gasteiger partial charge in [0.25, 0.3) is 6.10 Å². The molecule has 0 atom stereocenters. The maximum absolute atomic E-state index is 9.70. The minimum absolute atomic E-state index is 0.0868. The quantitative estimate of drug-likeness (QED) is 0.395. The summed E-state index contributed by atoms with van der Waals surface area (Å²) in [4.78, 5) is 9.70. The van der Waals surface area contributed by atoms with E-state index < -0.39 is 17.8 Å². The molecule has 0 heterocycles. The topological polar surface area (TPSA) is 98.0 Å². The summed E-state index contributed by atoms with van der Waals surface area (Å²) in [5, 5.41) is 32.3. The lowest BCUT2D eigenvalue weighted by Gasteiger charge is -1.98. The van der Waals surface area contributed by atoms with Crippen molar-refractivity contribution in [1.82, 2.24) is 0 Å². The zero-order valence-electron chi connectivity index (χ0n) is 4.27. The molecule has 51 valence electrons. The van der Waals surface area contributed by atoms with E-state index in [2.05, 4.69) is 0 Å². The molecule has 0 amide bonds. The van der Waals surface area contributed by atoms with Gasteiger partial charge in [-0.1, -0.05) is 0 Å². The molecule has 0 aliphatic carbocycles. The summed E-state index contributed by atoms with van der Waals surface area (Å²) < 4.78 is 0. The van der Waals surface area contributed by atoms with Gasteiger partial charge in [-0.3, -0.25) is 0 Å². The molecule has 0 unspecified atom stereocenters. The Hall–Kier alpha value is -1.23. The lowest BCUT2D eigenvalue weighted by Crippen LogP contribution is -2.12. The van der Waals surface area contributed by atoms with Crippen LogP contribution in [0, 0.1) is 6.10 Å². The summed E-state index contributed by atoms with van der Waals surface area (Å²) >= 11 is 0. The van der Waals surface area contributed by atoms with Crippen molar-refractivity contribution in [2.24, 2.45) is 0 Å². The summed E-state index contributed by atoms with van der Waals surface area (Å²) in [6.45, 7) is 0. The Balaban J connectivity index is 4.04. The molecule has 9 heavy (non-hydrogen) atoms. The Morgan fingerprint density at radius 1 is 1.22 bits per heavy atom. The van der Waals surface area contributed by atoms with E-state index in [0.29, 0.717) is 0 Å². The van der Waals surface area contributed by atoms with Crippen LogP contribution in [0.4, 0.5) is 0 Å². The number of carbonyl (C=O) groups is 1. The number of hydrogen-bond donors (Lipinski definition) is 4. The molecule has 0 aliphatic heterocycles. The molecule has 0 saturated heterocycles. The van der Waals surface area contributed by atoms with Crippen molar-refractivity contribution in [1.29, 1.82) is 0 Å². The maximum Gasteiger partial charge on any atom is 0.348 e. The van der Waals surface area contributed by atoms with Gasteiger partial charge in [-0.2, -0.15) is 0 Å². The molecule has 0 rings (SSSR count). The van der Waals surface area contributed by atoms with E-state index in [1.54, 1.807) is 0 Å². The first kappa shape index (κ1) is 7.77. The molecule has 0 aliphatic rings. The van der Waals surface area contributed by atoms with E-state index in [1.807, 2.05) is 0 Å². The van der Waals surface area contributed by atoms with Gasteiger partial charge in [0.15, 0.2) is 5.76 Å². The van der Waals surface area contributed by atoms with E-state index in [0.717, 1.165) is 0 Å². The first-order valence-electron chi connectivity index (χ1n) is 1.92. The predicted molar refractivity (Wildman–Crippen MR) is 26.2 cm³/mol. The average molecular weight is 133 g/mol. The first-order valence-corrected chi connectivity index (χ1v) is 1.92. The second-order valence-electron chi connectivity index (χ2n) is 1.17. The van der Waals surface area contributed by atoms with Crippen LogP contribution in [0.3, 0.4) is 0 Å². The molecule has 0 aromatic carbocycles. The monoisotopic (exact) mass is 133 g/mol. The fourth-order valence-corrected chi connectivity index (χ4v) is 0.171. The Morgan fingerprint density at radius 3 is 1.78 bits per heavy atom. The van der Waals surface area contributed by atoms with Crippen molar-refractivity contribution < 1.29 is 25.2 Å². The molecule has 0 fully saturated rings. The van der Waals surface area contributed by atoms with Crippen LogP contribution in [0.5, 0.6) is 0 Å². The first-order chi connectivity index (χ1) is 4.09. The largest absolute Gasteiger partial charge is 0.512 e. The zero-order valence-corrected chi connectivity index (χ0v) is 4.27. The highest BCUT2D eigenvalue weighted by Gasteiger charge is 2.19. The van der Waals surface area contributed by atoms with Gasteiger partial charge in [0.2, 0.25) is 0 Å². The number of carboxylic acid groups (broad SMARTS) is 1. The van der Waals surface area contributed by atoms with E-state index in [-0.39, 0.29) is 6.26 Å². The van der Waals surface area contributed by atoms with Gasteiger partial charge in [-0.25, -0.2) is 4.79 Å². The van der Waals surface area contributed by atoms with Crippen LogP contribution < -0.4 is 0 Å². The SMILES string of the molecule is O=C(O)[C](O)/C(O)=C/O. The predicted octanol–water partition coefficient (Wildman–Crippen LogP) is -0.0671. The molecular formula is C4H5O5. The molecule has 5 heteroatoms. The van der Waals surface area contributed by atoms with Gasteiger partial charge in [-0.15, -0.1) is 0 Å². The van der Waals surface area contributed by atoms with Gasteiger partial charge in [-0.05, 0) is 0 Å². The van der Waals surface area contributed by atoms with Gasteiger partial charge < -0.3 is 20.4 Å². The van der Waals surface area contributed by atoms with Crippen LogP contribution in [-0.4, -0.2) is 26.4 Å². The number of carboxylic acids is 1. The van der Waals surface area contributed by atoms with Gasteiger partial charge >= 0.3 is 5.97 Å². The van der Waals surface area contributed by atoms with Crippen molar-refractivity contribution >= 4 is 5.97 Å². The summed E-state index contributed by atoms with van der Waals surface area (Å²) in [5.41, 5.74) is 0. The highest BCUT2D eigenvalue weighted by molar-refractivity contribution is 5.83. The summed E-state index contributed by atoms with van der Waals surface area (Å²) in [6, 6.07) is 0. The third-order valence-corrected chi connectivity index (χ3v) is 0.567. The van der Waals surface area contributed by atoms with Crippen LogP contribution in [0.1, 0.15) is 0 Å². The number of rotatable bonds is 2. The minimum Gasteiger partial charge on any atom is -0.512 e. The summed E-state index contributed by atoms with van der Waals surface area (Å²) in [7, 11) is 0. The van der Waals surface area contributed by atoms with Crippen LogP contribution in [0.25, 0.3) is 0 Å². The van der Waals surface area contributed by atoms with Crippen LogP contribution in [0.15, 0.2) is 12.0 Å². The molecule has 0 saturated carbocycles. The van der Waals surface area contributed by atoms with Gasteiger partial charge in [0.1, 0.15) is 6.26 Å². The molecule has 0 bridgehead atoms. The summed E-state index contributed by atoms with van der Waals surface area (Å²) in [5.74, 6) is -2.76. The lowest BCUT2D eigenvalue weighted by atomic mass is 10.3. The van der Waals surface area contributed by atoms with Crippen LogP contribution in [-0.2, 0) is 4.79 Å². The van der Waals surface area contributed by atoms with Crippen LogP contribution >= 0.6 is 0 Å². The summed E-state index contributed by atoms with van der Waals surface area (Å²) in [6.07, 6.45) is -1.19. The van der Waals surface area contributed by atoms with Crippen molar-refractivity contribution in [3.63, 3.8) is 0 Å². The second kappa shape index (κ2) is 2.93. The number of aliphatic hydroxyl groups excluding tert-OH is 3. The zero-order chi connectivity index (χ0) is 7.44. The Labute approximate surface area is 50.5 Å².